The highest BCUT2D eigenvalue weighted by atomic mass is 14.2. The third-order valence-electron chi connectivity index (χ3n) is 3.90. The molecule has 1 aliphatic rings. The van der Waals surface area contributed by atoms with Gasteiger partial charge in [0.25, 0.3) is 0 Å². The zero-order chi connectivity index (χ0) is 13.4. The summed E-state index contributed by atoms with van der Waals surface area (Å²) >= 11 is 0. The van der Waals surface area contributed by atoms with Crippen LogP contribution < -0.4 is 0 Å². The van der Waals surface area contributed by atoms with Gasteiger partial charge in [-0.1, -0.05) is 68.0 Å². The van der Waals surface area contributed by atoms with Crippen molar-refractivity contribution in [3.63, 3.8) is 0 Å². The molecule has 0 heteroatoms. The van der Waals surface area contributed by atoms with Crippen LogP contribution in [0.25, 0.3) is 17.2 Å². The highest BCUT2D eigenvalue weighted by molar-refractivity contribution is 5.81. The molecule has 0 unspecified atom stereocenters. The van der Waals surface area contributed by atoms with Crippen LogP contribution in [0, 0.1) is 0 Å². The van der Waals surface area contributed by atoms with Crippen LogP contribution in [0.5, 0.6) is 0 Å². The van der Waals surface area contributed by atoms with Crippen molar-refractivity contribution in [3.05, 3.63) is 64.7 Å². The van der Waals surface area contributed by atoms with Gasteiger partial charge in [0.05, 0.1) is 0 Å². The van der Waals surface area contributed by atoms with Gasteiger partial charge in [0.15, 0.2) is 0 Å². The minimum absolute atomic E-state index is 0.577. The third-order valence-corrected chi connectivity index (χ3v) is 3.90. The molecule has 0 N–H and O–H groups in total. The largest absolute Gasteiger partial charge is 0.0683 e. The van der Waals surface area contributed by atoms with Crippen LogP contribution in [-0.2, 0) is 6.42 Å². The molecule has 0 aromatic heterocycles. The maximum absolute atomic E-state index is 2.39. The first-order valence-corrected chi connectivity index (χ1v) is 7.04. The Kier molecular flexibility index (Phi) is 3.02. The topological polar surface area (TPSA) is 0 Å². The van der Waals surface area contributed by atoms with Crippen molar-refractivity contribution in [2.24, 2.45) is 0 Å². The lowest BCUT2D eigenvalue weighted by atomic mass is 9.91. The first-order valence-electron chi connectivity index (χ1n) is 7.04. The maximum atomic E-state index is 2.39. The fraction of sp³-hybridized carbons (Fsp3) is 0.263. The molecule has 0 amide bonds. The summed E-state index contributed by atoms with van der Waals surface area (Å²) in [5.41, 5.74) is 8.54. The van der Waals surface area contributed by atoms with E-state index in [1.54, 1.807) is 0 Å². The lowest BCUT2D eigenvalue weighted by molar-refractivity contribution is 0.864. The van der Waals surface area contributed by atoms with Crippen LogP contribution in [0.2, 0.25) is 0 Å². The van der Waals surface area contributed by atoms with Gasteiger partial charge in [-0.15, -0.1) is 0 Å². The first-order chi connectivity index (χ1) is 9.15. The van der Waals surface area contributed by atoms with Crippen molar-refractivity contribution in [3.8, 4) is 11.1 Å². The molecule has 0 atom stereocenters. The maximum Gasteiger partial charge on any atom is -0.00603 e. The molecule has 0 radical (unpaired) electrons. The number of allylic oxidation sites excluding steroid dienone is 1. The minimum Gasteiger partial charge on any atom is -0.0683 e. The highest BCUT2D eigenvalue weighted by Gasteiger charge is 2.17. The van der Waals surface area contributed by atoms with Crippen molar-refractivity contribution in [2.45, 2.75) is 33.1 Å². The van der Waals surface area contributed by atoms with Crippen LogP contribution in [0.3, 0.4) is 0 Å². The number of hydrogen-bond donors (Lipinski definition) is 0. The van der Waals surface area contributed by atoms with E-state index < -0.39 is 0 Å². The van der Waals surface area contributed by atoms with E-state index in [9.17, 15) is 0 Å². The number of fused-ring (bicyclic) bond motifs is 1. The molecule has 2 aromatic rings. The molecule has 0 heterocycles. The second kappa shape index (κ2) is 4.70. The SMILES string of the molecule is CC1=Cc2c(cc(C(C)C)cc2-c2ccccc2)C1. The Bertz CT molecular complexity index is 631. The normalized spacial score (nSPS) is 13.6. The molecule has 0 bridgehead atoms. The fourth-order valence-corrected chi connectivity index (χ4v) is 2.84. The summed E-state index contributed by atoms with van der Waals surface area (Å²) in [7, 11) is 0. The quantitative estimate of drug-likeness (QED) is 0.664. The van der Waals surface area contributed by atoms with Gasteiger partial charge in [-0.2, -0.15) is 0 Å². The molecular formula is C19H20. The highest BCUT2D eigenvalue weighted by Crippen LogP contribution is 2.36. The second-order valence-electron chi connectivity index (χ2n) is 5.83. The van der Waals surface area contributed by atoms with E-state index in [0.717, 1.165) is 6.42 Å². The summed E-state index contributed by atoms with van der Waals surface area (Å²) in [5.74, 6) is 0.577. The van der Waals surface area contributed by atoms with E-state index in [1.807, 2.05) is 0 Å². The standard InChI is InChI=1S/C19H20/c1-13(2)16-11-17-9-14(3)10-18(17)19(12-16)15-7-5-4-6-8-15/h4-8,10-13H,9H2,1-3H3. The van der Waals surface area contributed by atoms with Crippen molar-refractivity contribution < 1.29 is 0 Å². The van der Waals surface area contributed by atoms with E-state index >= 15 is 0 Å². The summed E-state index contributed by atoms with van der Waals surface area (Å²) in [6.45, 7) is 6.77. The van der Waals surface area contributed by atoms with Gasteiger partial charge in [0.1, 0.15) is 0 Å². The fourth-order valence-electron chi connectivity index (χ4n) is 2.84. The number of rotatable bonds is 2. The lowest BCUT2D eigenvalue weighted by Gasteiger charge is -2.14. The molecule has 96 valence electrons. The summed E-state index contributed by atoms with van der Waals surface area (Å²) < 4.78 is 0. The van der Waals surface area contributed by atoms with E-state index in [-0.39, 0.29) is 0 Å². The molecule has 0 saturated heterocycles. The zero-order valence-corrected chi connectivity index (χ0v) is 11.9. The smallest absolute Gasteiger partial charge is 0.00603 e. The molecule has 0 fully saturated rings. The van der Waals surface area contributed by atoms with Crippen molar-refractivity contribution in [1.29, 1.82) is 0 Å². The van der Waals surface area contributed by atoms with Crippen molar-refractivity contribution in [1.82, 2.24) is 0 Å². The van der Waals surface area contributed by atoms with E-state index in [2.05, 4.69) is 69.3 Å². The summed E-state index contributed by atoms with van der Waals surface area (Å²) in [5, 5.41) is 0. The predicted octanol–water partition coefficient (Wildman–Crippen LogP) is 5.44. The third kappa shape index (κ3) is 2.23. The van der Waals surface area contributed by atoms with Crippen LogP contribution >= 0.6 is 0 Å². The molecule has 2 aromatic carbocycles. The van der Waals surface area contributed by atoms with Crippen molar-refractivity contribution in [2.75, 3.05) is 0 Å². The summed E-state index contributed by atoms with van der Waals surface area (Å²) in [4.78, 5) is 0. The summed E-state index contributed by atoms with van der Waals surface area (Å²) in [6.07, 6.45) is 3.46. The van der Waals surface area contributed by atoms with Gasteiger partial charge in [-0.25, -0.2) is 0 Å². The molecule has 19 heavy (non-hydrogen) atoms. The van der Waals surface area contributed by atoms with Gasteiger partial charge in [0, 0.05) is 0 Å². The molecule has 0 spiro atoms. The first kappa shape index (κ1) is 12.2. The van der Waals surface area contributed by atoms with E-state index in [4.69, 9.17) is 0 Å². The average molecular weight is 248 g/mol. The zero-order valence-electron chi connectivity index (χ0n) is 11.9. The van der Waals surface area contributed by atoms with Gasteiger partial charge < -0.3 is 0 Å². The average Bonchev–Trinajstić information content (AvgIpc) is 2.78. The minimum atomic E-state index is 0.577. The Morgan fingerprint density at radius 2 is 1.74 bits per heavy atom. The van der Waals surface area contributed by atoms with E-state index in [1.165, 1.54) is 33.4 Å². The number of benzene rings is 2. The Balaban J connectivity index is 2.22. The predicted molar refractivity (Wildman–Crippen MR) is 83.3 cm³/mol. The molecule has 0 nitrogen and oxygen atoms in total. The van der Waals surface area contributed by atoms with E-state index in [0.29, 0.717) is 5.92 Å². The Labute approximate surface area is 115 Å². The molecular weight excluding hydrogens is 228 g/mol. The van der Waals surface area contributed by atoms with Crippen LogP contribution in [0.1, 0.15) is 43.4 Å². The monoisotopic (exact) mass is 248 g/mol. The second-order valence-corrected chi connectivity index (χ2v) is 5.83. The van der Waals surface area contributed by atoms with Crippen LogP contribution in [-0.4, -0.2) is 0 Å². The van der Waals surface area contributed by atoms with Gasteiger partial charge in [0.2, 0.25) is 0 Å². The van der Waals surface area contributed by atoms with Crippen molar-refractivity contribution >= 4 is 6.08 Å². The molecule has 3 rings (SSSR count). The molecule has 1 aliphatic carbocycles. The van der Waals surface area contributed by atoms with Gasteiger partial charge >= 0.3 is 0 Å². The molecule has 0 saturated carbocycles. The van der Waals surface area contributed by atoms with Gasteiger partial charge in [-0.3, -0.25) is 0 Å². The summed E-state index contributed by atoms with van der Waals surface area (Å²) in [6, 6.07) is 15.5. The Morgan fingerprint density at radius 3 is 2.42 bits per heavy atom. The van der Waals surface area contributed by atoms with Gasteiger partial charge in [-0.05, 0) is 47.1 Å². The molecule has 0 aliphatic heterocycles. The Hall–Kier alpha value is -1.82. The van der Waals surface area contributed by atoms with Crippen LogP contribution in [0.4, 0.5) is 0 Å². The lowest BCUT2D eigenvalue weighted by Crippen LogP contribution is -1.94. The Morgan fingerprint density at radius 1 is 1.00 bits per heavy atom. The van der Waals surface area contributed by atoms with Crippen LogP contribution in [0.15, 0.2) is 48.0 Å². The number of hydrogen-bond acceptors (Lipinski definition) is 0.